The van der Waals surface area contributed by atoms with E-state index in [-0.39, 0.29) is 30.9 Å². The van der Waals surface area contributed by atoms with Crippen LogP contribution in [0.2, 0.25) is 5.02 Å². The lowest BCUT2D eigenvalue weighted by molar-refractivity contribution is -0.137. The number of amides is 1. The average Bonchev–Trinajstić information content (AvgIpc) is 2.73. The van der Waals surface area contributed by atoms with Crippen molar-refractivity contribution in [2.75, 3.05) is 0 Å². The number of hydrogen-bond donors (Lipinski definition) is 2. The minimum atomic E-state index is -4.45. The van der Waals surface area contributed by atoms with Crippen molar-refractivity contribution in [2.45, 2.75) is 32.5 Å². The van der Waals surface area contributed by atoms with Gasteiger partial charge in [0.2, 0.25) is 5.91 Å². The van der Waals surface area contributed by atoms with E-state index in [2.05, 4.69) is 20.5 Å². The maximum absolute atomic E-state index is 12.7. The molecule has 1 heterocycles. The van der Waals surface area contributed by atoms with Crippen LogP contribution in [-0.2, 0) is 23.9 Å². The van der Waals surface area contributed by atoms with Crippen LogP contribution in [0.25, 0.3) is 11.4 Å². The van der Waals surface area contributed by atoms with Crippen molar-refractivity contribution in [1.29, 1.82) is 0 Å². The molecule has 162 valence electrons. The average molecular weight is 451 g/mol. The van der Waals surface area contributed by atoms with Gasteiger partial charge >= 0.3 is 6.18 Å². The number of carbonyl (C=O) groups is 1. The zero-order valence-corrected chi connectivity index (χ0v) is 17.1. The highest BCUT2D eigenvalue weighted by molar-refractivity contribution is 6.31. The monoisotopic (exact) mass is 450 g/mol. The van der Waals surface area contributed by atoms with Crippen LogP contribution in [0.4, 0.5) is 13.2 Å². The molecule has 2 aromatic carbocycles. The summed E-state index contributed by atoms with van der Waals surface area (Å²) < 4.78 is 38.2. The summed E-state index contributed by atoms with van der Waals surface area (Å²) in [5, 5.41) is 10.9. The number of aryl methyl sites for hydroxylation is 2. The Balaban J connectivity index is 1.58. The van der Waals surface area contributed by atoms with Crippen LogP contribution < -0.4 is 10.9 Å². The van der Waals surface area contributed by atoms with Crippen molar-refractivity contribution in [1.82, 2.24) is 20.5 Å². The van der Waals surface area contributed by atoms with Crippen molar-refractivity contribution in [3.05, 3.63) is 80.2 Å². The Morgan fingerprint density at radius 3 is 2.61 bits per heavy atom. The van der Waals surface area contributed by atoms with E-state index in [1.807, 2.05) is 6.92 Å². The predicted molar refractivity (Wildman–Crippen MR) is 109 cm³/mol. The van der Waals surface area contributed by atoms with Gasteiger partial charge in [0.25, 0.3) is 5.56 Å². The molecule has 0 unspecified atom stereocenters. The minimum absolute atomic E-state index is 0.0334. The van der Waals surface area contributed by atoms with Crippen LogP contribution in [0.5, 0.6) is 0 Å². The van der Waals surface area contributed by atoms with E-state index >= 15 is 0 Å². The number of aromatic nitrogens is 3. The van der Waals surface area contributed by atoms with Gasteiger partial charge in [0, 0.05) is 30.0 Å². The summed E-state index contributed by atoms with van der Waals surface area (Å²) in [6.07, 6.45) is -4.48. The van der Waals surface area contributed by atoms with Gasteiger partial charge in [0.15, 0.2) is 5.82 Å². The Labute approximate surface area is 180 Å². The number of H-pyrrole nitrogens is 1. The molecule has 2 N–H and O–H groups in total. The van der Waals surface area contributed by atoms with E-state index in [0.717, 1.165) is 17.7 Å². The number of hydrogen-bond acceptors (Lipinski definition) is 4. The third-order valence-electron chi connectivity index (χ3n) is 4.54. The van der Waals surface area contributed by atoms with Crippen LogP contribution >= 0.6 is 11.6 Å². The summed E-state index contributed by atoms with van der Waals surface area (Å²) in [5.41, 5.74) is 0.626. The lowest BCUT2D eigenvalue weighted by atomic mass is 10.1. The Kier molecular flexibility index (Phi) is 6.74. The molecule has 1 amide bonds. The fourth-order valence-electron chi connectivity index (χ4n) is 2.77. The molecule has 3 aromatic rings. The van der Waals surface area contributed by atoms with Crippen LogP contribution in [-0.4, -0.2) is 21.1 Å². The fraction of sp³-hybridized carbons (Fsp3) is 0.238. The fourth-order valence-corrected chi connectivity index (χ4v) is 2.95. The summed E-state index contributed by atoms with van der Waals surface area (Å²) in [6.45, 7) is 1.79. The van der Waals surface area contributed by atoms with Crippen molar-refractivity contribution in [3.8, 4) is 11.4 Å². The van der Waals surface area contributed by atoms with Gasteiger partial charge in [-0.05, 0) is 36.2 Å². The number of benzene rings is 2. The Morgan fingerprint density at radius 1 is 1.16 bits per heavy atom. The zero-order valence-electron chi connectivity index (χ0n) is 16.4. The Bertz CT molecular complexity index is 1160. The van der Waals surface area contributed by atoms with Crippen LogP contribution in [0, 0.1) is 6.92 Å². The molecule has 3 rings (SSSR count). The second-order valence-electron chi connectivity index (χ2n) is 6.89. The summed E-state index contributed by atoms with van der Waals surface area (Å²) in [6, 6.07) is 9.92. The molecule has 0 atom stereocenters. The van der Waals surface area contributed by atoms with Gasteiger partial charge in [-0.15, -0.1) is 10.2 Å². The van der Waals surface area contributed by atoms with Crippen LogP contribution in [0.3, 0.4) is 0 Å². The quantitative estimate of drug-likeness (QED) is 0.592. The first-order chi connectivity index (χ1) is 14.6. The topological polar surface area (TPSA) is 87.7 Å². The van der Waals surface area contributed by atoms with E-state index in [9.17, 15) is 22.8 Å². The van der Waals surface area contributed by atoms with Crippen molar-refractivity contribution >= 4 is 17.5 Å². The summed E-state index contributed by atoms with van der Waals surface area (Å²) in [7, 11) is 0. The first-order valence-electron chi connectivity index (χ1n) is 9.29. The van der Waals surface area contributed by atoms with E-state index < -0.39 is 23.2 Å². The second kappa shape index (κ2) is 9.30. The highest BCUT2D eigenvalue weighted by Crippen LogP contribution is 2.29. The number of alkyl halides is 3. The Hall–Kier alpha value is -3.20. The lowest BCUT2D eigenvalue weighted by Gasteiger charge is -2.09. The highest BCUT2D eigenvalue weighted by Gasteiger charge is 2.30. The molecule has 10 heteroatoms. The summed E-state index contributed by atoms with van der Waals surface area (Å²) in [5.74, 6) is -0.169. The standard InChI is InChI=1S/C21H18ClF3N4O2/c1-12-5-6-14(10-16(12)22)19-27-20(31)17(28-29-19)7-8-18(30)26-11-13-3-2-4-15(9-13)21(23,24)25/h2-6,9-10H,7-8,11H2,1H3,(H,26,30)(H,27,29,31). The maximum atomic E-state index is 12.7. The normalized spacial score (nSPS) is 11.4. The first kappa shape index (κ1) is 22.5. The molecule has 6 nitrogen and oxygen atoms in total. The molecule has 0 aliphatic heterocycles. The molecule has 0 spiro atoms. The van der Waals surface area contributed by atoms with Gasteiger partial charge in [0.1, 0.15) is 5.69 Å². The van der Waals surface area contributed by atoms with Crippen LogP contribution in [0.1, 0.15) is 28.8 Å². The van der Waals surface area contributed by atoms with Gasteiger partial charge in [-0.25, -0.2) is 0 Å². The Morgan fingerprint density at radius 2 is 1.94 bits per heavy atom. The number of carbonyl (C=O) groups excluding carboxylic acids is 1. The number of rotatable bonds is 6. The third kappa shape index (κ3) is 5.91. The summed E-state index contributed by atoms with van der Waals surface area (Å²) in [4.78, 5) is 26.9. The zero-order chi connectivity index (χ0) is 22.6. The molecule has 0 fully saturated rings. The molecular formula is C21H18ClF3N4O2. The van der Waals surface area contributed by atoms with E-state index in [0.29, 0.717) is 16.1 Å². The smallest absolute Gasteiger partial charge is 0.352 e. The number of halogens is 4. The second-order valence-corrected chi connectivity index (χ2v) is 7.30. The highest BCUT2D eigenvalue weighted by atomic mass is 35.5. The van der Waals surface area contributed by atoms with Crippen molar-refractivity contribution in [3.63, 3.8) is 0 Å². The van der Waals surface area contributed by atoms with Crippen molar-refractivity contribution in [2.24, 2.45) is 0 Å². The van der Waals surface area contributed by atoms with Gasteiger partial charge < -0.3 is 10.3 Å². The van der Waals surface area contributed by atoms with Gasteiger partial charge in [-0.3, -0.25) is 9.59 Å². The largest absolute Gasteiger partial charge is 0.416 e. The number of aromatic amines is 1. The third-order valence-corrected chi connectivity index (χ3v) is 4.95. The molecule has 31 heavy (non-hydrogen) atoms. The molecule has 1 aromatic heterocycles. The molecular weight excluding hydrogens is 433 g/mol. The first-order valence-corrected chi connectivity index (χ1v) is 9.66. The molecule has 0 bridgehead atoms. The number of nitrogens with zero attached hydrogens (tertiary/aromatic N) is 2. The predicted octanol–water partition coefficient (Wildman–Crippen LogP) is 4.06. The summed E-state index contributed by atoms with van der Waals surface area (Å²) >= 11 is 6.08. The molecule has 0 aliphatic carbocycles. The number of nitrogens with one attached hydrogen (secondary N) is 2. The maximum Gasteiger partial charge on any atom is 0.416 e. The van der Waals surface area contributed by atoms with Crippen molar-refractivity contribution < 1.29 is 18.0 Å². The molecule has 0 saturated heterocycles. The van der Waals surface area contributed by atoms with Gasteiger partial charge in [-0.1, -0.05) is 35.9 Å². The van der Waals surface area contributed by atoms with Gasteiger partial charge in [0.05, 0.1) is 5.56 Å². The minimum Gasteiger partial charge on any atom is -0.352 e. The molecule has 0 aliphatic rings. The van der Waals surface area contributed by atoms with Crippen LogP contribution in [0.15, 0.2) is 47.3 Å². The van der Waals surface area contributed by atoms with E-state index in [1.165, 1.54) is 12.1 Å². The molecule has 0 saturated carbocycles. The van der Waals surface area contributed by atoms with E-state index in [4.69, 9.17) is 11.6 Å². The lowest BCUT2D eigenvalue weighted by Crippen LogP contribution is -2.25. The SMILES string of the molecule is Cc1ccc(-c2nnc(CCC(=O)NCc3cccc(C(F)(F)F)c3)c(=O)[nH]2)cc1Cl. The van der Waals surface area contributed by atoms with E-state index in [1.54, 1.807) is 18.2 Å². The van der Waals surface area contributed by atoms with Gasteiger partial charge in [-0.2, -0.15) is 13.2 Å². The molecule has 0 radical (unpaired) electrons.